The van der Waals surface area contributed by atoms with E-state index in [0.29, 0.717) is 0 Å². The SMILES string of the molecule is CCC1=C(n2c3ccccc3c3ccc4c5ccccc5n(-c5cccc(-c6ccccc6)c5)c4c32)NC(c2ccc(-c3ccccc3)cc2)CCCC=C1C1CCc2ccccc2-c2ccccc21. The maximum atomic E-state index is 4.47. The van der Waals surface area contributed by atoms with E-state index in [1.54, 1.807) is 0 Å². The second kappa shape index (κ2) is 17.7. The molecule has 0 spiro atoms. The third-order valence-corrected chi connectivity index (χ3v) is 15.4. The fourth-order valence-corrected chi connectivity index (χ4v) is 12.2. The molecular weight excluding hydrogens is 847 g/mol. The summed E-state index contributed by atoms with van der Waals surface area (Å²) in [6.07, 6.45) is 8.68. The van der Waals surface area contributed by atoms with Gasteiger partial charge in [-0.15, -0.1) is 0 Å². The minimum Gasteiger partial charge on any atom is -0.364 e. The predicted molar refractivity (Wildman–Crippen MR) is 295 cm³/mol. The number of aromatic nitrogens is 2. The van der Waals surface area contributed by atoms with Gasteiger partial charge in [0.05, 0.1) is 28.1 Å². The molecule has 70 heavy (non-hydrogen) atoms. The van der Waals surface area contributed by atoms with Gasteiger partial charge in [-0.25, -0.2) is 0 Å². The van der Waals surface area contributed by atoms with Gasteiger partial charge >= 0.3 is 0 Å². The number of hydrogen-bond acceptors (Lipinski definition) is 1. The number of nitrogens with one attached hydrogen (secondary N) is 1. The van der Waals surface area contributed by atoms with Crippen LogP contribution < -0.4 is 5.32 Å². The van der Waals surface area contributed by atoms with E-state index in [1.807, 2.05) is 0 Å². The highest BCUT2D eigenvalue weighted by molar-refractivity contribution is 6.24. The predicted octanol–water partition coefficient (Wildman–Crippen LogP) is 17.6. The van der Waals surface area contributed by atoms with Crippen LogP contribution in [-0.4, -0.2) is 9.13 Å². The van der Waals surface area contributed by atoms with Crippen molar-refractivity contribution < 1.29 is 0 Å². The molecule has 0 amide bonds. The molecule has 3 heterocycles. The van der Waals surface area contributed by atoms with E-state index in [4.69, 9.17) is 0 Å². The maximum Gasteiger partial charge on any atom is 0.115 e. The number of benzene rings is 9. The van der Waals surface area contributed by atoms with Crippen molar-refractivity contribution >= 4 is 49.4 Å². The molecule has 0 saturated heterocycles. The summed E-state index contributed by atoms with van der Waals surface area (Å²) >= 11 is 0. The topological polar surface area (TPSA) is 21.9 Å². The molecule has 0 radical (unpaired) electrons. The Kier molecular flexibility index (Phi) is 10.6. The van der Waals surface area contributed by atoms with E-state index in [0.717, 1.165) is 44.2 Å². The van der Waals surface area contributed by atoms with Crippen LogP contribution >= 0.6 is 0 Å². The molecule has 2 aromatic heterocycles. The molecule has 9 aromatic carbocycles. The summed E-state index contributed by atoms with van der Waals surface area (Å²) in [6, 6.07) is 81.4. The van der Waals surface area contributed by atoms with Gasteiger partial charge in [0.1, 0.15) is 5.82 Å². The third kappa shape index (κ3) is 7.10. The van der Waals surface area contributed by atoms with Gasteiger partial charge in [0.15, 0.2) is 0 Å². The lowest BCUT2D eigenvalue weighted by Crippen LogP contribution is -2.25. The van der Waals surface area contributed by atoms with E-state index >= 15 is 0 Å². The lowest BCUT2D eigenvalue weighted by Gasteiger charge is -2.29. The lowest BCUT2D eigenvalue weighted by molar-refractivity contribution is 0.549. The Hall–Kier alpha value is -8.14. The molecule has 1 aliphatic carbocycles. The number of rotatable bonds is 7. The second-order valence-corrected chi connectivity index (χ2v) is 19.3. The zero-order chi connectivity index (χ0) is 46.5. The second-order valence-electron chi connectivity index (χ2n) is 19.3. The van der Waals surface area contributed by atoms with Crippen LogP contribution in [0.15, 0.2) is 236 Å². The fourth-order valence-electron chi connectivity index (χ4n) is 12.2. The minimum absolute atomic E-state index is 0.0728. The summed E-state index contributed by atoms with van der Waals surface area (Å²) in [5.41, 5.74) is 20.6. The Morgan fingerprint density at radius 2 is 1.07 bits per heavy atom. The van der Waals surface area contributed by atoms with Crippen molar-refractivity contribution in [3.05, 3.63) is 252 Å². The molecule has 3 heteroatoms. The molecule has 2 atom stereocenters. The first kappa shape index (κ1) is 42.0. The van der Waals surface area contributed by atoms with Crippen molar-refractivity contribution in [2.45, 2.75) is 57.4 Å². The van der Waals surface area contributed by atoms with Crippen LogP contribution in [0.1, 0.15) is 67.7 Å². The Morgan fingerprint density at radius 1 is 0.486 bits per heavy atom. The molecular formula is C67H55N3. The van der Waals surface area contributed by atoms with Gasteiger partial charge in [-0.1, -0.05) is 207 Å². The van der Waals surface area contributed by atoms with E-state index in [1.165, 1.54) is 111 Å². The summed E-state index contributed by atoms with van der Waals surface area (Å²) in [6.45, 7) is 2.39. The highest BCUT2D eigenvalue weighted by atomic mass is 15.2. The normalized spacial score (nSPS) is 16.3. The highest BCUT2D eigenvalue weighted by Gasteiger charge is 2.31. The zero-order valence-electron chi connectivity index (χ0n) is 39.7. The molecule has 338 valence electrons. The Labute approximate surface area is 410 Å². The Morgan fingerprint density at radius 3 is 1.80 bits per heavy atom. The van der Waals surface area contributed by atoms with Gasteiger partial charge in [-0.05, 0) is 124 Å². The average Bonchev–Trinajstić information content (AvgIpc) is 3.91. The summed E-state index contributed by atoms with van der Waals surface area (Å²) in [7, 11) is 0. The third-order valence-electron chi connectivity index (χ3n) is 15.4. The standard InChI is InChI=1S/C67H55N3/c1-2-52-54(57-41-40-48-24-9-10-27-53(48)55-29-11-12-30-56(55)57)28-13-16-33-62(49-38-36-47(37-39-49)45-20-5-3-6-21-45)68-67(52)70-64-35-18-15-32-59(64)61-43-42-60-58-31-14-17-34-63(58)69(65(60)66(61)70)51-26-19-25-50(44-51)46-22-7-4-8-23-46/h3-12,14-15,17-32,34-39,42-44,57,62,68H,2,13,16,33,40-41H2,1H3. The van der Waals surface area contributed by atoms with Crippen LogP contribution in [-0.2, 0) is 6.42 Å². The van der Waals surface area contributed by atoms with Crippen molar-refractivity contribution in [3.63, 3.8) is 0 Å². The van der Waals surface area contributed by atoms with Crippen LogP contribution in [0.2, 0.25) is 0 Å². The molecule has 1 aliphatic heterocycles. The Bertz CT molecular complexity index is 3810. The minimum atomic E-state index is 0.0728. The summed E-state index contributed by atoms with van der Waals surface area (Å²) < 4.78 is 5.20. The molecule has 1 N–H and O–H groups in total. The molecule has 3 nitrogen and oxygen atoms in total. The summed E-state index contributed by atoms with van der Waals surface area (Å²) in [5.74, 6) is 1.40. The van der Waals surface area contributed by atoms with Gasteiger partial charge in [0.25, 0.3) is 0 Å². The zero-order valence-corrected chi connectivity index (χ0v) is 39.7. The van der Waals surface area contributed by atoms with Gasteiger partial charge in [0, 0.05) is 33.2 Å². The molecule has 0 fully saturated rings. The van der Waals surface area contributed by atoms with Crippen LogP contribution in [0.3, 0.4) is 0 Å². The lowest BCUT2D eigenvalue weighted by atomic mass is 9.80. The number of hydrogen-bond donors (Lipinski definition) is 1. The van der Waals surface area contributed by atoms with Gasteiger partial charge in [-0.3, -0.25) is 4.57 Å². The average molecular weight is 902 g/mol. The first-order valence-electron chi connectivity index (χ1n) is 25.4. The van der Waals surface area contributed by atoms with Crippen molar-refractivity contribution in [1.82, 2.24) is 14.5 Å². The number of para-hydroxylation sites is 2. The molecule has 2 unspecified atom stereocenters. The van der Waals surface area contributed by atoms with Gasteiger partial charge in [0.2, 0.25) is 0 Å². The molecule has 13 rings (SSSR count). The molecule has 2 aliphatic rings. The Balaban J connectivity index is 1.10. The van der Waals surface area contributed by atoms with Crippen molar-refractivity contribution in [1.29, 1.82) is 0 Å². The number of aryl methyl sites for hydroxylation is 1. The number of allylic oxidation sites excluding steroid dienone is 3. The first-order chi connectivity index (χ1) is 34.7. The van der Waals surface area contributed by atoms with Crippen LogP contribution in [0.5, 0.6) is 0 Å². The van der Waals surface area contributed by atoms with Crippen molar-refractivity contribution in [2.75, 3.05) is 0 Å². The van der Waals surface area contributed by atoms with Crippen molar-refractivity contribution in [2.24, 2.45) is 0 Å². The van der Waals surface area contributed by atoms with Crippen LogP contribution in [0.25, 0.3) is 88.5 Å². The number of nitrogens with zero attached hydrogens (tertiary/aromatic N) is 2. The molecule has 0 bridgehead atoms. The van der Waals surface area contributed by atoms with E-state index in [2.05, 4.69) is 246 Å². The van der Waals surface area contributed by atoms with Crippen LogP contribution in [0, 0.1) is 0 Å². The van der Waals surface area contributed by atoms with Crippen molar-refractivity contribution in [3.8, 4) is 39.1 Å². The fraction of sp³-hybridized carbons (Fsp3) is 0.134. The van der Waals surface area contributed by atoms with E-state index in [9.17, 15) is 0 Å². The van der Waals surface area contributed by atoms with E-state index in [-0.39, 0.29) is 12.0 Å². The summed E-state index contributed by atoms with van der Waals surface area (Å²) in [5, 5.41) is 9.47. The largest absolute Gasteiger partial charge is 0.364 e. The van der Waals surface area contributed by atoms with Crippen LogP contribution in [0.4, 0.5) is 0 Å². The van der Waals surface area contributed by atoms with Gasteiger partial charge < -0.3 is 9.88 Å². The smallest absolute Gasteiger partial charge is 0.115 e. The first-order valence-corrected chi connectivity index (χ1v) is 25.4. The quantitative estimate of drug-likeness (QED) is 0.169. The van der Waals surface area contributed by atoms with E-state index < -0.39 is 0 Å². The monoisotopic (exact) mass is 901 g/mol. The number of fused-ring (bicyclic) bond motifs is 10. The maximum absolute atomic E-state index is 4.47. The highest BCUT2D eigenvalue weighted by Crippen LogP contribution is 2.48. The molecule has 11 aromatic rings. The summed E-state index contributed by atoms with van der Waals surface area (Å²) in [4.78, 5) is 0. The molecule has 0 saturated carbocycles. The van der Waals surface area contributed by atoms with Gasteiger partial charge in [-0.2, -0.15) is 0 Å².